The number of Topliss-reactive ketones (excluding diaryl/α,β-unsaturated/α-hetero) is 1. The molecule has 0 aliphatic carbocycles. The van der Waals surface area contributed by atoms with Gasteiger partial charge in [-0.15, -0.1) is 11.8 Å². The van der Waals surface area contributed by atoms with Gasteiger partial charge in [-0.05, 0) is 12.0 Å². The first kappa shape index (κ1) is 17.1. The number of hydrogen-bond acceptors (Lipinski definition) is 4. The van der Waals surface area contributed by atoms with E-state index in [9.17, 15) is 9.59 Å². The molecule has 0 saturated carbocycles. The van der Waals surface area contributed by atoms with Crippen LogP contribution >= 0.6 is 11.8 Å². The number of benzene rings is 1. The second-order valence-corrected chi connectivity index (χ2v) is 5.33. The second kappa shape index (κ2) is 9.91. The maximum absolute atomic E-state index is 11.8. The van der Waals surface area contributed by atoms with Gasteiger partial charge in [-0.25, -0.2) is 4.79 Å². The topological polar surface area (TPSA) is 79.8 Å². The van der Waals surface area contributed by atoms with E-state index in [0.717, 1.165) is 12.0 Å². The molecule has 0 spiro atoms. The first-order chi connectivity index (χ1) is 10.2. The minimum absolute atomic E-state index is 0.0666. The molecule has 21 heavy (non-hydrogen) atoms. The highest BCUT2D eigenvalue weighted by Crippen LogP contribution is 2.11. The average Bonchev–Trinajstić information content (AvgIpc) is 2.49. The summed E-state index contributed by atoms with van der Waals surface area (Å²) in [7, 11) is 0. The molecular weight excluding hydrogens is 288 g/mol. The van der Waals surface area contributed by atoms with Gasteiger partial charge < -0.3 is 10.3 Å². The predicted octanol–water partition coefficient (Wildman–Crippen LogP) is 2.50. The minimum atomic E-state index is -0.865. The molecular formula is C15H18N2O3S. The summed E-state index contributed by atoms with van der Waals surface area (Å²) in [5.74, 6) is -0.677. The molecule has 0 fully saturated rings. The normalized spacial score (nSPS) is 9.76. The fourth-order valence-electron chi connectivity index (χ4n) is 1.49. The molecule has 0 heterocycles. The van der Waals surface area contributed by atoms with Gasteiger partial charge in [0.1, 0.15) is 0 Å². The summed E-state index contributed by atoms with van der Waals surface area (Å²) in [6.45, 7) is 2.18. The zero-order valence-electron chi connectivity index (χ0n) is 11.9. The largest absolute Gasteiger partial charge is 0.457 e. The molecule has 0 atom stereocenters. The lowest BCUT2D eigenvalue weighted by atomic mass is 10.2. The Labute approximate surface area is 128 Å². The number of carbonyl (C=O) groups is 2. The summed E-state index contributed by atoms with van der Waals surface area (Å²) < 4.78 is 4.86. The van der Waals surface area contributed by atoms with Crippen LogP contribution in [0.25, 0.3) is 5.53 Å². The standard InChI is InChI=1S/C15H18N2O3S/c1-2-3-9-20-15(19)14(17-16)13(18)11-21-10-12-7-5-4-6-8-12/h4-8H,2-3,9-11H2,1H3. The van der Waals surface area contributed by atoms with E-state index in [4.69, 9.17) is 10.3 Å². The van der Waals surface area contributed by atoms with E-state index in [1.807, 2.05) is 37.3 Å². The molecule has 6 heteroatoms. The van der Waals surface area contributed by atoms with Crippen molar-refractivity contribution in [3.05, 3.63) is 41.4 Å². The molecule has 0 radical (unpaired) electrons. The van der Waals surface area contributed by atoms with Crippen molar-refractivity contribution in [2.45, 2.75) is 25.5 Å². The maximum atomic E-state index is 11.8. The lowest BCUT2D eigenvalue weighted by molar-refractivity contribution is -0.142. The highest BCUT2D eigenvalue weighted by atomic mass is 32.2. The van der Waals surface area contributed by atoms with Crippen LogP contribution in [0.4, 0.5) is 0 Å². The number of rotatable bonds is 9. The van der Waals surface area contributed by atoms with Crippen molar-refractivity contribution >= 4 is 29.2 Å². The Morgan fingerprint density at radius 1 is 1.29 bits per heavy atom. The summed E-state index contributed by atoms with van der Waals surface area (Å²) in [5, 5.41) is 0. The third kappa shape index (κ3) is 6.38. The lowest BCUT2D eigenvalue weighted by Gasteiger charge is -2.01. The van der Waals surface area contributed by atoms with Gasteiger partial charge >= 0.3 is 11.7 Å². The smallest absolute Gasteiger partial charge is 0.442 e. The average molecular weight is 306 g/mol. The number of carbonyl (C=O) groups excluding carboxylic acids is 2. The monoisotopic (exact) mass is 306 g/mol. The van der Waals surface area contributed by atoms with Gasteiger partial charge in [0.25, 0.3) is 5.78 Å². The van der Waals surface area contributed by atoms with E-state index in [0.29, 0.717) is 12.2 Å². The third-order valence-corrected chi connectivity index (χ3v) is 3.64. The quantitative estimate of drug-likeness (QED) is 0.175. The first-order valence-electron chi connectivity index (χ1n) is 6.73. The zero-order valence-corrected chi connectivity index (χ0v) is 12.8. The van der Waals surface area contributed by atoms with Crippen molar-refractivity contribution in [2.24, 2.45) is 0 Å². The van der Waals surface area contributed by atoms with Crippen molar-refractivity contribution in [3.63, 3.8) is 0 Å². The first-order valence-corrected chi connectivity index (χ1v) is 7.88. The fourth-order valence-corrected chi connectivity index (χ4v) is 2.34. The molecule has 0 aliphatic heterocycles. The number of ether oxygens (including phenoxy) is 1. The van der Waals surface area contributed by atoms with Crippen LogP contribution in [-0.2, 0) is 20.1 Å². The fraction of sp³-hybridized carbons (Fsp3) is 0.400. The summed E-state index contributed by atoms with van der Waals surface area (Å²) in [4.78, 5) is 26.2. The van der Waals surface area contributed by atoms with Crippen LogP contribution in [-0.4, -0.2) is 34.6 Å². The van der Waals surface area contributed by atoms with Crippen molar-refractivity contribution in [1.82, 2.24) is 0 Å². The molecule has 1 aromatic carbocycles. The van der Waals surface area contributed by atoms with Gasteiger partial charge in [0.2, 0.25) is 0 Å². The highest BCUT2D eigenvalue weighted by molar-refractivity contribution is 7.99. The van der Waals surface area contributed by atoms with E-state index in [2.05, 4.69) is 4.79 Å². The van der Waals surface area contributed by atoms with Crippen LogP contribution in [0.2, 0.25) is 0 Å². The van der Waals surface area contributed by atoms with Gasteiger partial charge in [0.15, 0.2) is 0 Å². The molecule has 0 N–H and O–H groups in total. The van der Waals surface area contributed by atoms with Gasteiger partial charge in [-0.1, -0.05) is 43.7 Å². The predicted molar refractivity (Wildman–Crippen MR) is 82.1 cm³/mol. The Kier molecular flexibility index (Phi) is 8.09. The molecule has 1 aromatic rings. The second-order valence-electron chi connectivity index (χ2n) is 4.34. The lowest BCUT2D eigenvalue weighted by Crippen LogP contribution is -2.29. The Bertz CT molecular complexity index is 525. The minimum Gasteiger partial charge on any atom is -0.457 e. The number of ketones is 1. The molecule has 112 valence electrons. The zero-order chi connectivity index (χ0) is 15.5. The van der Waals surface area contributed by atoms with Crippen LogP contribution in [0.3, 0.4) is 0 Å². The third-order valence-electron chi connectivity index (χ3n) is 2.63. The number of thioether (sulfide) groups is 1. The van der Waals surface area contributed by atoms with Gasteiger partial charge in [0.05, 0.1) is 12.4 Å². The van der Waals surface area contributed by atoms with Crippen molar-refractivity contribution < 1.29 is 19.1 Å². The Morgan fingerprint density at radius 2 is 2.00 bits per heavy atom. The van der Waals surface area contributed by atoms with E-state index < -0.39 is 17.5 Å². The van der Waals surface area contributed by atoms with E-state index in [-0.39, 0.29) is 12.4 Å². The number of hydrogen-bond donors (Lipinski definition) is 0. The summed E-state index contributed by atoms with van der Waals surface area (Å²) in [6.07, 6.45) is 1.58. The van der Waals surface area contributed by atoms with Crippen molar-refractivity contribution in [1.29, 1.82) is 0 Å². The SMILES string of the molecule is CCCCOC(=O)C(=[N+]=[N-])C(=O)CSCc1ccccc1. The van der Waals surface area contributed by atoms with Crippen LogP contribution in [0.1, 0.15) is 25.3 Å². The van der Waals surface area contributed by atoms with Gasteiger partial charge in [-0.2, -0.15) is 4.79 Å². The summed E-state index contributed by atoms with van der Waals surface area (Å²) in [6, 6.07) is 9.67. The van der Waals surface area contributed by atoms with Crippen LogP contribution in [0.15, 0.2) is 30.3 Å². The molecule has 0 saturated heterocycles. The Morgan fingerprint density at radius 3 is 2.62 bits per heavy atom. The van der Waals surface area contributed by atoms with E-state index in [1.54, 1.807) is 0 Å². The molecule has 0 unspecified atom stereocenters. The number of unbranched alkanes of at least 4 members (excludes halogenated alkanes) is 1. The maximum Gasteiger partial charge on any atom is 0.442 e. The molecule has 0 aliphatic rings. The van der Waals surface area contributed by atoms with Crippen LogP contribution in [0.5, 0.6) is 0 Å². The van der Waals surface area contributed by atoms with E-state index >= 15 is 0 Å². The Balaban J connectivity index is 2.41. The summed E-state index contributed by atoms with van der Waals surface area (Å²) >= 11 is 1.35. The molecule has 1 rings (SSSR count). The molecule has 5 nitrogen and oxygen atoms in total. The number of esters is 1. The van der Waals surface area contributed by atoms with Crippen LogP contribution in [0, 0.1) is 0 Å². The molecule has 0 aromatic heterocycles. The van der Waals surface area contributed by atoms with E-state index in [1.165, 1.54) is 11.8 Å². The molecule has 0 bridgehead atoms. The summed E-state index contributed by atoms with van der Waals surface area (Å²) in [5.41, 5.74) is 9.35. The number of nitrogens with zero attached hydrogens (tertiary/aromatic N) is 2. The van der Waals surface area contributed by atoms with Crippen molar-refractivity contribution in [3.8, 4) is 0 Å². The Hall–Kier alpha value is -1.91. The van der Waals surface area contributed by atoms with Crippen LogP contribution < -0.4 is 0 Å². The highest BCUT2D eigenvalue weighted by Gasteiger charge is 2.30. The van der Waals surface area contributed by atoms with Gasteiger partial charge in [-0.3, -0.25) is 4.79 Å². The van der Waals surface area contributed by atoms with Crippen molar-refractivity contribution in [2.75, 3.05) is 12.4 Å². The van der Waals surface area contributed by atoms with Gasteiger partial charge in [0, 0.05) is 5.75 Å². The molecule has 0 amide bonds.